The Morgan fingerprint density at radius 1 is 1.11 bits per heavy atom. The highest BCUT2D eigenvalue weighted by molar-refractivity contribution is 5.93. The number of methoxy groups -OCH3 is 2. The lowest BCUT2D eigenvalue weighted by atomic mass is 10.0. The highest BCUT2D eigenvalue weighted by Crippen LogP contribution is 2.33. The fourth-order valence-electron chi connectivity index (χ4n) is 3.62. The second-order valence-electron chi connectivity index (χ2n) is 6.74. The summed E-state index contributed by atoms with van der Waals surface area (Å²) in [6.07, 6.45) is 2.13. The maximum atomic E-state index is 12.6. The van der Waals surface area contributed by atoms with Crippen LogP contribution < -0.4 is 19.5 Å². The number of nitrogens with one attached hydrogen (secondary N) is 1. The monoisotopic (exact) mass is 384 g/mol. The molecular weight excluding hydrogens is 356 g/mol. The molecule has 0 bridgehead atoms. The van der Waals surface area contributed by atoms with Crippen molar-refractivity contribution in [2.45, 2.75) is 25.8 Å². The molecule has 1 unspecified atom stereocenters. The molecule has 1 aliphatic heterocycles. The lowest BCUT2D eigenvalue weighted by molar-refractivity contribution is -0.117. The number of amides is 1. The number of carbonyl (C=O) groups is 1. The molecule has 0 saturated carbocycles. The van der Waals surface area contributed by atoms with Crippen LogP contribution >= 0.6 is 0 Å². The Morgan fingerprint density at radius 2 is 1.86 bits per heavy atom. The smallest absolute Gasteiger partial charge is 0.238 e. The van der Waals surface area contributed by atoms with Crippen molar-refractivity contribution < 1.29 is 19.0 Å². The van der Waals surface area contributed by atoms with Crippen molar-refractivity contribution in [2.75, 3.05) is 39.2 Å². The first-order valence-electron chi connectivity index (χ1n) is 9.63. The van der Waals surface area contributed by atoms with Crippen molar-refractivity contribution in [3.63, 3.8) is 0 Å². The van der Waals surface area contributed by atoms with Crippen LogP contribution in [0.15, 0.2) is 42.5 Å². The SMILES string of the molecule is CCOc1ccc(C2CCCN2CC(=O)Nc2ccc(OC)cc2OC)cc1. The van der Waals surface area contributed by atoms with Crippen molar-refractivity contribution >= 4 is 11.6 Å². The molecule has 1 N–H and O–H groups in total. The van der Waals surface area contributed by atoms with Gasteiger partial charge in [-0.25, -0.2) is 0 Å². The Hall–Kier alpha value is -2.73. The second-order valence-corrected chi connectivity index (χ2v) is 6.74. The number of benzene rings is 2. The molecule has 1 saturated heterocycles. The van der Waals surface area contributed by atoms with Gasteiger partial charge in [0.25, 0.3) is 0 Å². The van der Waals surface area contributed by atoms with Crippen LogP contribution in [-0.2, 0) is 4.79 Å². The Morgan fingerprint density at radius 3 is 2.54 bits per heavy atom. The van der Waals surface area contributed by atoms with Crippen LogP contribution in [0.25, 0.3) is 0 Å². The Kier molecular flexibility index (Phi) is 6.76. The highest BCUT2D eigenvalue weighted by atomic mass is 16.5. The number of ether oxygens (including phenoxy) is 3. The highest BCUT2D eigenvalue weighted by Gasteiger charge is 2.27. The van der Waals surface area contributed by atoms with Crippen LogP contribution in [-0.4, -0.2) is 44.7 Å². The minimum atomic E-state index is -0.0543. The van der Waals surface area contributed by atoms with Gasteiger partial charge in [0.05, 0.1) is 33.1 Å². The molecule has 3 rings (SSSR count). The first-order valence-corrected chi connectivity index (χ1v) is 9.63. The average molecular weight is 384 g/mol. The molecule has 1 fully saturated rings. The molecule has 0 spiro atoms. The quantitative estimate of drug-likeness (QED) is 0.748. The largest absolute Gasteiger partial charge is 0.497 e. The zero-order valence-electron chi connectivity index (χ0n) is 16.7. The van der Waals surface area contributed by atoms with Gasteiger partial charge in [-0.1, -0.05) is 12.1 Å². The minimum Gasteiger partial charge on any atom is -0.497 e. The molecule has 2 aromatic rings. The van der Waals surface area contributed by atoms with E-state index in [0.29, 0.717) is 30.3 Å². The van der Waals surface area contributed by atoms with E-state index < -0.39 is 0 Å². The zero-order chi connectivity index (χ0) is 19.9. The number of rotatable bonds is 8. The van der Waals surface area contributed by atoms with E-state index in [2.05, 4.69) is 22.3 Å². The molecule has 0 aromatic heterocycles. The maximum Gasteiger partial charge on any atom is 0.238 e. The van der Waals surface area contributed by atoms with Gasteiger partial charge in [0.2, 0.25) is 5.91 Å². The molecule has 28 heavy (non-hydrogen) atoms. The lowest BCUT2D eigenvalue weighted by Crippen LogP contribution is -2.33. The number of hydrogen-bond donors (Lipinski definition) is 1. The molecule has 1 heterocycles. The average Bonchev–Trinajstić information content (AvgIpc) is 3.17. The van der Waals surface area contributed by atoms with E-state index in [1.54, 1.807) is 32.4 Å². The predicted molar refractivity (Wildman–Crippen MR) is 109 cm³/mol. The minimum absolute atomic E-state index is 0.0543. The molecule has 150 valence electrons. The third-order valence-corrected chi connectivity index (χ3v) is 4.97. The molecular formula is C22H28N2O4. The van der Waals surface area contributed by atoms with Crippen molar-refractivity contribution in [2.24, 2.45) is 0 Å². The molecule has 1 amide bonds. The fraction of sp³-hybridized carbons (Fsp3) is 0.409. The Labute approximate surface area is 166 Å². The standard InChI is InChI=1S/C22H28N2O4/c1-4-28-17-9-7-16(8-10-17)20-6-5-13-24(20)15-22(25)23-19-12-11-18(26-2)14-21(19)27-3/h7-12,14,20H,4-6,13,15H2,1-3H3,(H,23,25). The number of likely N-dealkylation sites (tertiary alicyclic amines) is 1. The second kappa shape index (κ2) is 9.46. The summed E-state index contributed by atoms with van der Waals surface area (Å²) < 4.78 is 16.1. The number of carbonyl (C=O) groups excluding carboxylic acids is 1. The van der Waals surface area contributed by atoms with Gasteiger partial charge in [0, 0.05) is 12.1 Å². The van der Waals surface area contributed by atoms with Crippen molar-refractivity contribution in [3.05, 3.63) is 48.0 Å². The van der Waals surface area contributed by atoms with E-state index in [-0.39, 0.29) is 11.9 Å². The Bertz CT molecular complexity index is 792. The summed E-state index contributed by atoms with van der Waals surface area (Å²) in [6, 6.07) is 13.8. The maximum absolute atomic E-state index is 12.6. The van der Waals surface area contributed by atoms with E-state index in [0.717, 1.165) is 25.1 Å². The summed E-state index contributed by atoms with van der Waals surface area (Å²) in [5.74, 6) is 2.09. The van der Waals surface area contributed by atoms with Crippen LogP contribution in [0, 0.1) is 0 Å². The third-order valence-electron chi connectivity index (χ3n) is 4.97. The van der Waals surface area contributed by atoms with Gasteiger partial charge in [0.1, 0.15) is 17.2 Å². The summed E-state index contributed by atoms with van der Waals surface area (Å²) in [6.45, 7) is 3.88. The van der Waals surface area contributed by atoms with Gasteiger partial charge < -0.3 is 19.5 Å². The van der Waals surface area contributed by atoms with Gasteiger partial charge >= 0.3 is 0 Å². The van der Waals surface area contributed by atoms with Gasteiger partial charge in [0.15, 0.2) is 0 Å². The number of nitrogens with zero attached hydrogens (tertiary/aromatic N) is 1. The van der Waals surface area contributed by atoms with Crippen LogP contribution in [0.4, 0.5) is 5.69 Å². The van der Waals surface area contributed by atoms with E-state index in [4.69, 9.17) is 14.2 Å². The van der Waals surface area contributed by atoms with E-state index in [9.17, 15) is 4.79 Å². The molecule has 6 heteroatoms. The molecule has 0 radical (unpaired) electrons. The van der Waals surface area contributed by atoms with Crippen molar-refractivity contribution in [3.8, 4) is 17.2 Å². The topological polar surface area (TPSA) is 60.0 Å². The van der Waals surface area contributed by atoms with Gasteiger partial charge in [-0.05, 0) is 56.1 Å². The van der Waals surface area contributed by atoms with Crippen LogP contribution in [0.1, 0.15) is 31.4 Å². The van der Waals surface area contributed by atoms with E-state index in [1.165, 1.54) is 5.56 Å². The van der Waals surface area contributed by atoms with E-state index >= 15 is 0 Å². The predicted octanol–water partition coefficient (Wildman–Crippen LogP) is 3.88. The summed E-state index contributed by atoms with van der Waals surface area (Å²) in [5, 5.41) is 2.96. The molecule has 2 aromatic carbocycles. The first-order chi connectivity index (χ1) is 13.6. The van der Waals surface area contributed by atoms with Gasteiger partial charge in [-0.3, -0.25) is 9.69 Å². The normalized spacial score (nSPS) is 16.6. The van der Waals surface area contributed by atoms with Crippen molar-refractivity contribution in [1.82, 2.24) is 4.90 Å². The van der Waals surface area contributed by atoms with Gasteiger partial charge in [-0.2, -0.15) is 0 Å². The molecule has 0 aliphatic carbocycles. The molecule has 6 nitrogen and oxygen atoms in total. The lowest BCUT2D eigenvalue weighted by Gasteiger charge is -2.24. The number of hydrogen-bond acceptors (Lipinski definition) is 5. The summed E-state index contributed by atoms with van der Waals surface area (Å²) in [7, 11) is 3.17. The fourth-order valence-corrected chi connectivity index (χ4v) is 3.62. The summed E-state index contributed by atoms with van der Waals surface area (Å²) in [4.78, 5) is 14.9. The molecule has 1 atom stereocenters. The Balaban J connectivity index is 1.64. The van der Waals surface area contributed by atoms with Crippen LogP contribution in [0.5, 0.6) is 17.2 Å². The summed E-state index contributed by atoms with van der Waals surface area (Å²) in [5.41, 5.74) is 1.86. The van der Waals surface area contributed by atoms with Crippen molar-refractivity contribution in [1.29, 1.82) is 0 Å². The number of anilines is 1. The van der Waals surface area contributed by atoms with Gasteiger partial charge in [-0.15, -0.1) is 0 Å². The summed E-state index contributed by atoms with van der Waals surface area (Å²) >= 11 is 0. The van der Waals surface area contributed by atoms with Crippen LogP contribution in [0.3, 0.4) is 0 Å². The van der Waals surface area contributed by atoms with Crippen LogP contribution in [0.2, 0.25) is 0 Å². The third kappa shape index (κ3) is 4.75. The zero-order valence-corrected chi connectivity index (χ0v) is 16.7. The first kappa shape index (κ1) is 20.0. The molecule has 1 aliphatic rings. The van der Waals surface area contributed by atoms with E-state index in [1.807, 2.05) is 19.1 Å².